The minimum absolute atomic E-state index is 0.0253. The van der Waals surface area contributed by atoms with Gasteiger partial charge in [0.2, 0.25) is 0 Å². The summed E-state index contributed by atoms with van der Waals surface area (Å²) in [6.45, 7) is 3.57. The second-order valence-corrected chi connectivity index (χ2v) is 6.15. The van der Waals surface area contributed by atoms with E-state index in [9.17, 15) is 4.79 Å². The summed E-state index contributed by atoms with van der Waals surface area (Å²) in [5, 5.41) is 2.10. The van der Waals surface area contributed by atoms with Crippen LogP contribution in [0.5, 0.6) is 0 Å². The maximum Gasteiger partial charge on any atom is 0.161 e. The lowest BCUT2D eigenvalue weighted by molar-refractivity contribution is 0.101. The molecule has 19 heavy (non-hydrogen) atoms. The molecule has 3 rings (SSSR count). The summed E-state index contributed by atoms with van der Waals surface area (Å²) in [6, 6.07) is 3.95. The van der Waals surface area contributed by atoms with Crippen molar-refractivity contribution >= 4 is 59.6 Å². The van der Waals surface area contributed by atoms with Crippen molar-refractivity contribution in [1.82, 2.24) is 9.97 Å². The summed E-state index contributed by atoms with van der Waals surface area (Å²) < 4.78 is 1.67. The van der Waals surface area contributed by atoms with Gasteiger partial charge >= 0.3 is 0 Å². The Morgan fingerprint density at radius 2 is 2.00 bits per heavy atom. The summed E-state index contributed by atoms with van der Waals surface area (Å²) in [6.07, 6.45) is 1.83. The predicted molar refractivity (Wildman–Crippen MR) is 83.7 cm³/mol. The average Bonchev–Trinajstić information content (AvgIpc) is 2.71. The molecule has 96 valence electrons. The van der Waals surface area contributed by atoms with Crippen LogP contribution in [0.2, 0.25) is 0 Å². The number of pyridine rings is 1. The molecule has 0 aliphatic heterocycles. The van der Waals surface area contributed by atoms with Crippen LogP contribution in [-0.4, -0.2) is 15.8 Å². The van der Waals surface area contributed by atoms with Crippen molar-refractivity contribution in [3.05, 3.63) is 38.4 Å². The zero-order valence-corrected chi connectivity index (χ0v) is 13.5. The first-order valence-corrected chi connectivity index (χ1v) is 7.34. The zero-order chi connectivity index (χ0) is 13.7. The van der Waals surface area contributed by atoms with Crippen LogP contribution >= 0.6 is 31.9 Å². The Morgan fingerprint density at radius 1 is 1.26 bits per heavy atom. The van der Waals surface area contributed by atoms with E-state index in [0.29, 0.717) is 5.56 Å². The number of carbonyl (C=O) groups is 1. The van der Waals surface area contributed by atoms with Gasteiger partial charge in [-0.2, -0.15) is 0 Å². The number of hydrogen-bond acceptors (Lipinski definition) is 2. The number of aromatic nitrogens is 2. The first-order valence-electron chi connectivity index (χ1n) is 5.76. The molecule has 0 atom stereocenters. The summed E-state index contributed by atoms with van der Waals surface area (Å²) in [4.78, 5) is 19.3. The molecular weight excluding hydrogens is 372 g/mol. The summed E-state index contributed by atoms with van der Waals surface area (Å²) in [5.41, 5.74) is 3.50. The number of hydrogen-bond donors (Lipinski definition) is 1. The number of rotatable bonds is 1. The van der Waals surface area contributed by atoms with Crippen LogP contribution in [0.15, 0.2) is 27.3 Å². The molecule has 1 aromatic carbocycles. The van der Waals surface area contributed by atoms with Crippen molar-refractivity contribution in [2.45, 2.75) is 13.8 Å². The molecule has 3 aromatic rings. The normalized spacial score (nSPS) is 11.4. The Bertz CT molecular complexity index is 836. The molecule has 0 fully saturated rings. The molecule has 0 unspecified atom stereocenters. The minimum atomic E-state index is 0.0253. The van der Waals surface area contributed by atoms with Crippen LogP contribution < -0.4 is 0 Å². The molecular formula is C14H10Br2N2O. The van der Waals surface area contributed by atoms with Crippen LogP contribution in [0.1, 0.15) is 22.8 Å². The lowest BCUT2D eigenvalue weighted by atomic mass is 10.1. The third-order valence-electron chi connectivity index (χ3n) is 3.13. The van der Waals surface area contributed by atoms with E-state index in [1.165, 1.54) is 0 Å². The Hall–Kier alpha value is -1.20. The smallest absolute Gasteiger partial charge is 0.161 e. The highest BCUT2D eigenvalue weighted by molar-refractivity contribution is 9.13. The third-order valence-corrected chi connectivity index (χ3v) is 5.28. The van der Waals surface area contributed by atoms with E-state index < -0.39 is 0 Å². The van der Waals surface area contributed by atoms with Crippen LogP contribution in [0, 0.1) is 6.92 Å². The van der Waals surface area contributed by atoms with E-state index in [1.54, 1.807) is 6.92 Å². The maximum absolute atomic E-state index is 11.7. The summed E-state index contributed by atoms with van der Waals surface area (Å²) >= 11 is 7.07. The molecule has 0 amide bonds. The number of aryl methyl sites for hydroxylation is 1. The molecule has 5 heteroatoms. The van der Waals surface area contributed by atoms with Crippen LogP contribution in [0.3, 0.4) is 0 Å². The van der Waals surface area contributed by atoms with Crippen molar-refractivity contribution in [3.8, 4) is 0 Å². The van der Waals surface area contributed by atoms with Crippen molar-refractivity contribution in [1.29, 1.82) is 0 Å². The number of H-pyrrole nitrogens is 1. The van der Waals surface area contributed by atoms with Crippen LogP contribution in [0.4, 0.5) is 0 Å². The molecule has 2 aromatic heterocycles. The molecule has 0 bridgehead atoms. The van der Waals surface area contributed by atoms with E-state index in [1.807, 2.05) is 19.2 Å². The molecule has 2 heterocycles. The second-order valence-electron chi connectivity index (χ2n) is 4.56. The van der Waals surface area contributed by atoms with Gasteiger partial charge in [0, 0.05) is 37.0 Å². The number of halogens is 2. The van der Waals surface area contributed by atoms with Gasteiger partial charge in [-0.05, 0) is 63.4 Å². The fourth-order valence-electron chi connectivity index (χ4n) is 2.23. The zero-order valence-electron chi connectivity index (χ0n) is 10.3. The first kappa shape index (κ1) is 12.8. The molecule has 0 radical (unpaired) electrons. The third kappa shape index (κ3) is 1.92. The Morgan fingerprint density at radius 3 is 2.68 bits per heavy atom. The van der Waals surface area contributed by atoms with Gasteiger partial charge in [0.25, 0.3) is 0 Å². The maximum atomic E-state index is 11.7. The van der Waals surface area contributed by atoms with Gasteiger partial charge in [0.1, 0.15) is 5.65 Å². The first-order chi connectivity index (χ1) is 8.99. The number of fused-ring (bicyclic) bond motifs is 3. The lowest BCUT2D eigenvalue weighted by Crippen LogP contribution is -1.94. The number of nitrogens with one attached hydrogen (secondary N) is 1. The van der Waals surface area contributed by atoms with E-state index in [4.69, 9.17) is 0 Å². The van der Waals surface area contributed by atoms with Crippen molar-refractivity contribution in [3.63, 3.8) is 0 Å². The Labute approximate surface area is 126 Å². The van der Waals surface area contributed by atoms with E-state index in [0.717, 1.165) is 36.4 Å². The average molecular weight is 382 g/mol. The standard InChI is InChI=1S/C14H10Br2N2O/c1-6-3-9-11-10(18-14(9)17-5-6)4-8(7(2)19)12(15)13(11)16/h3-5H,1-2H3,(H,17,18). The van der Waals surface area contributed by atoms with Gasteiger partial charge in [-0.15, -0.1) is 0 Å². The number of nitrogens with zero attached hydrogens (tertiary/aromatic N) is 1. The SMILES string of the molecule is CC(=O)c1cc2[nH]c3ncc(C)cc3c2c(Br)c1Br. The monoisotopic (exact) mass is 380 g/mol. The van der Waals surface area contributed by atoms with Gasteiger partial charge < -0.3 is 4.98 Å². The number of carbonyl (C=O) groups excluding carboxylic acids is 1. The summed E-state index contributed by atoms with van der Waals surface area (Å²) in [7, 11) is 0. The largest absolute Gasteiger partial charge is 0.339 e. The fraction of sp³-hybridized carbons (Fsp3) is 0.143. The number of Topliss-reactive ketones (excluding diaryl/α,β-unsaturated/α-hetero) is 1. The van der Waals surface area contributed by atoms with E-state index in [-0.39, 0.29) is 5.78 Å². The molecule has 0 aliphatic carbocycles. The topological polar surface area (TPSA) is 45.8 Å². The van der Waals surface area contributed by atoms with E-state index in [2.05, 4.69) is 47.9 Å². The molecule has 0 saturated carbocycles. The van der Waals surface area contributed by atoms with Crippen LogP contribution in [-0.2, 0) is 0 Å². The molecule has 0 saturated heterocycles. The second kappa shape index (κ2) is 4.42. The number of ketones is 1. The highest BCUT2D eigenvalue weighted by atomic mass is 79.9. The van der Waals surface area contributed by atoms with Gasteiger partial charge in [0.15, 0.2) is 5.78 Å². The van der Waals surface area contributed by atoms with Crippen LogP contribution in [0.25, 0.3) is 21.9 Å². The highest BCUT2D eigenvalue weighted by Gasteiger charge is 2.16. The quantitative estimate of drug-likeness (QED) is 0.618. The van der Waals surface area contributed by atoms with E-state index >= 15 is 0 Å². The van der Waals surface area contributed by atoms with Gasteiger partial charge in [-0.3, -0.25) is 4.79 Å². The molecule has 0 aliphatic rings. The Balaban J connectivity index is 2.53. The lowest BCUT2D eigenvalue weighted by Gasteiger charge is -2.05. The van der Waals surface area contributed by atoms with Crippen molar-refractivity contribution < 1.29 is 4.79 Å². The minimum Gasteiger partial charge on any atom is -0.339 e. The number of aromatic amines is 1. The molecule has 3 nitrogen and oxygen atoms in total. The molecule has 0 spiro atoms. The van der Waals surface area contributed by atoms with Crippen molar-refractivity contribution in [2.24, 2.45) is 0 Å². The Kier molecular flexibility index (Phi) is 2.98. The van der Waals surface area contributed by atoms with Gasteiger partial charge in [0.05, 0.1) is 0 Å². The predicted octanol–water partition coefficient (Wildman–Crippen LogP) is 4.75. The van der Waals surface area contributed by atoms with Crippen molar-refractivity contribution in [2.75, 3.05) is 0 Å². The molecule has 1 N–H and O–H groups in total. The highest BCUT2D eigenvalue weighted by Crippen LogP contribution is 2.38. The number of benzene rings is 1. The summed E-state index contributed by atoms with van der Waals surface area (Å²) in [5.74, 6) is 0.0253. The fourth-order valence-corrected chi connectivity index (χ4v) is 3.46. The van der Waals surface area contributed by atoms with Gasteiger partial charge in [-0.25, -0.2) is 4.98 Å². The van der Waals surface area contributed by atoms with Gasteiger partial charge in [-0.1, -0.05) is 0 Å².